The zero-order chi connectivity index (χ0) is 20.3. The van der Waals surface area contributed by atoms with E-state index in [1.807, 2.05) is 13.1 Å². The number of hydrogen-bond acceptors (Lipinski definition) is 7. The summed E-state index contributed by atoms with van der Waals surface area (Å²) in [6, 6.07) is 3.58. The number of likely N-dealkylation sites (N-methyl/N-ethyl adjacent to an activating group) is 1. The fourth-order valence-corrected chi connectivity index (χ4v) is 5.65. The number of esters is 1. The number of benzene rings is 1. The molecule has 1 unspecified atom stereocenters. The summed E-state index contributed by atoms with van der Waals surface area (Å²) in [5.74, 6) is 0.417. The number of carbonyl (C=O) groups is 1. The van der Waals surface area contributed by atoms with Gasteiger partial charge < -0.3 is 24.4 Å². The molecular formula is C21H27NO6. The third-order valence-corrected chi connectivity index (χ3v) is 6.78. The van der Waals surface area contributed by atoms with Gasteiger partial charge in [0.25, 0.3) is 0 Å². The Morgan fingerprint density at radius 2 is 2.04 bits per heavy atom. The Morgan fingerprint density at radius 3 is 2.68 bits per heavy atom. The summed E-state index contributed by atoms with van der Waals surface area (Å²) in [5, 5.41) is 21.9. The van der Waals surface area contributed by atoms with Gasteiger partial charge in [0.2, 0.25) is 0 Å². The van der Waals surface area contributed by atoms with Crippen LogP contribution < -0.4 is 4.74 Å². The first kappa shape index (κ1) is 19.1. The number of hydrogen-bond donors (Lipinski definition) is 2. The fourth-order valence-electron chi connectivity index (χ4n) is 5.65. The van der Waals surface area contributed by atoms with Crippen molar-refractivity contribution in [2.24, 2.45) is 0 Å². The highest BCUT2D eigenvalue weighted by atomic mass is 16.6. The van der Waals surface area contributed by atoms with E-state index in [0.29, 0.717) is 29.9 Å². The van der Waals surface area contributed by atoms with Crippen molar-refractivity contribution in [3.05, 3.63) is 35.1 Å². The molecule has 2 N–H and O–H groups in total. The van der Waals surface area contributed by atoms with Gasteiger partial charge in [0.1, 0.15) is 11.9 Å². The molecule has 1 aromatic rings. The Morgan fingerprint density at radius 1 is 1.29 bits per heavy atom. The minimum atomic E-state index is -1.05. The Labute approximate surface area is 164 Å². The van der Waals surface area contributed by atoms with Crippen molar-refractivity contribution in [1.82, 2.24) is 4.90 Å². The molecule has 0 aromatic heterocycles. The molecule has 28 heavy (non-hydrogen) atoms. The maximum atomic E-state index is 12.2. The molecule has 1 aromatic carbocycles. The van der Waals surface area contributed by atoms with Crippen LogP contribution in [0.2, 0.25) is 0 Å². The van der Waals surface area contributed by atoms with Crippen molar-refractivity contribution >= 4 is 5.97 Å². The molecular weight excluding hydrogens is 362 g/mol. The quantitative estimate of drug-likeness (QED) is 0.758. The topological polar surface area (TPSA) is 88.5 Å². The lowest BCUT2D eigenvalue weighted by Gasteiger charge is -2.63. The van der Waals surface area contributed by atoms with Crippen LogP contribution in [0.5, 0.6) is 11.5 Å². The van der Waals surface area contributed by atoms with Crippen molar-refractivity contribution < 1.29 is 29.2 Å². The number of rotatable bonds is 3. The monoisotopic (exact) mass is 389 g/mol. The zero-order valence-electron chi connectivity index (χ0n) is 16.7. The lowest BCUT2D eigenvalue weighted by atomic mass is 9.50. The fraction of sp³-hybridized carbons (Fsp3) is 0.571. The molecule has 2 aliphatic carbocycles. The van der Waals surface area contributed by atoms with Crippen LogP contribution in [0.3, 0.4) is 0 Å². The van der Waals surface area contributed by atoms with Crippen LogP contribution in [0.4, 0.5) is 0 Å². The number of carbonyl (C=O) groups excluding carboxylic acids is 1. The van der Waals surface area contributed by atoms with Crippen LogP contribution in [0.1, 0.15) is 30.9 Å². The first-order chi connectivity index (χ1) is 13.3. The van der Waals surface area contributed by atoms with E-state index >= 15 is 0 Å². The molecule has 3 aliphatic rings. The number of phenols is 1. The molecule has 0 radical (unpaired) electrons. The van der Waals surface area contributed by atoms with Crippen LogP contribution >= 0.6 is 0 Å². The third-order valence-electron chi connectivity index (χ3n) is 6.78. The van der Waals surface area contributed by atoms with Crippen molar-refractivity contribution in [2.75, 3.05) is 27.8 Å². The second kappa shape index (κ2) is 6.39. The van der Waals surface area contributed by atoms with Gasteiger partial charge in [0.15, 0.2) is 17.1 Å². The summed E-state index contributed by atoms with van der Waals surface area (Å²) in [6.07, 6.45) is 2.42. The minimum absolute atomic E-state index is 0.0565. The largest absolute Gasteiger partial charge is 0.504 e. The van der Waals surface area contributed by atoms with Crippen LogP contribution in [-0.4, -0.2) is 66.6 Å². The number of nitrogens with zero attached hydrogens (tertiary/aromatic N) is 1. The number of piperidine rings is 1. The number of aliphatic hydroxyl groups is 1. The summed E-state index contributed by atoms with van der Waals surface area (Å²) < 4.78 is 16.9. The van der Waals surface area contributed by atoms with Gasteiger partial charge in [-0.1, -0.05) is 6.07 Å². The van der Waals surface area contributed by atoms with Gasteiger partial charge in [-0.25, -0.2) is 0 Å². The number of likely N-dealkylation sites (tertiary alicyclic amines) is 1. The average Bonchev–Trinajstić information content (AvgIpc) is 2.64. The van der Waals surface area contributed by atoms with Crippen LogP contribution in [0.15, 0.2) is 24.0 Å². The number of methoxy groups -OCH3 is 2. The number of fused-ring (bicyclic) bond motifs is 1. The molecule has 0 amide bonds. The van der Waals surface area contributed by atoms with Gasteiger partial charge in [0.05, 0.1) is 20.3 Å². The molecule has 1 heterocycles. The normalized spacial score (nSPS) is 34.0. The molecule has 0 spiro atoms. The average molecular weight is 389 g/mol. The van der Waals surface area contributed by atoms with Gasteiger partial charge in [0, 0.05) is 24.0 Å². The first-order valence-electron chi connectivity index (χ1n) is 9.53. The molecule has 4 rings (SSSR count). The molecule has 7 nitrogen and oxygen atoms in total. The Balaban J connectivity index is 2.07. The van der Waals surface area contributed by atoms with Crippen LogP contribution in [-0.2, 0) is 26.1 Å². The highest BCUT2D eigenvalue weighted by Crippen LogP contribution is 2.61. The highest BCUT2D eigenvalue weighted by molar-refractivity contribution is 5.69. The summed E-state index contributed by atoms with van der Waals surface area (Å²) in [5.41, 5.74) is -0.126. The second-order valence-corrected chi connectivity index (χ2v) is 8.04. The summed E-state index contributed by atoms with van der Waals surface area (Å²) in [4.78, 5) is 14.4. The Kier molecular flexibility index (Phi) is 4.35. The van der Waals surface area contributed by atoms with Crippen molar-refractivity contribution in [1.29, 1.82) is 0 Å². The van der Waals surface area contributed by atoms with E-state index in [4.69, 9.17) is 14.2 Å². The molecule has 1 saturated heterocycles. The number of aliphatic hydroxyl groups excluding tert-OH is 1. The lowest BCUT2D eigenvalue weighted by Crippen LogP contribution is -2.73. The Bertz CT molecular complexity index is 852. The maximum absolute atomic E-state index is 12.2. The lowest BCUT2D eigenvalue weighted by molar-refractivity contribution is -0.186. The standard InChI is InChI=1S/C21H27NO6/c1-12(23)28-21-11-16(27-4)14(24)10-20(21)7-8-22(2)17(21)9-13-5-6-15(26-3)19(25)18(13)20/h5-6,11,14,17,24-25H,7-10H2,1-4H3/t14?,17-,20-,21-/m0/s1. The molecule has 7 heteroatoms. The van der Waals surface area contributed by atoms with E-state index in [-0.39, 0.29) is 18.2 Å². The van der Waals surface area contributed by atoms with E-state index in [1.54, 1.807) is 12.1 Å². The molecule has 152 valence electrons. The minimum Gasteiger partial charge on any atom is -0.504 e. The van der Waals surface area contributed by atoms with Crippen LogP contribution in [0, 0.1) is 0 Å². The van der Waals surface area contributed by atoms with Gasteiger partial charge >= 0.3 is 5.97 Å². The third kappa shape index (κ3) is 2.32. The van der Waals surface area contributed by atoms with Gasteiger partial charge in [-0.05, 0) is 44.5 Å². The number of phenolic OH excluding ortho intramolecular Hbond substituents is 1. The van der Waals surface area contributed by atoms with Crippen molar-refractivity contribution in [3.8, 4) is 11.5 Å². The summed E-state index contributed by atoms with van der Waals surface area (Å²) >= 11 is 0. The molecule has 4 atom stereocenters. The molecule has 1 aliphatic heterocycles. The van der Waals surface area contributed by atoms with E-state index in [1.165, 1.54) is 21.1 Å². The predicted octanol–water partition coefficient (Wildman–Crippen LogP) is 1.50. The summed E-state index contributed by atoms with van der Waals surface area (Å²) in [6.45, 7) is 2.15. The number of ether oxygens (including phenoxy) is 3. The maximum Gasteiger partial charge on any atom is 0.303 e. The van der Waals surface area contributed by atoms with Crippen LogP contribution in [0.25, 0.3) is 0 Å². The zero-order valence-corrected chi connectivity index (χ0v) is 16.7. The predicted molar refractivity (Wildman–Crippen MR) is 101 cm³/mol. The molecule has 0 saturated carbocycles. The van der Waals surface area contributed by atoms with E-state index in [2.05, 4.69) is 4.90 Å². The van der Waals surface area contributed by atoms with Gasteiger partial charge in [-0.15, -0.1) is 0 Å². The van der Waals surface area contributed by atoms with E-state index in [9.17, 15) is 15.0 Å². The van der Waals surface area contributed by atoms with E-state index < -0.39 is 23.1 Å². The second-order valence-electron chi connectivity index (χ2n) is 8.04. The Hall–Kier alpha value is -2.25. The highest BCUT2D eigenvalue weighted by Gasteiger charge is 2.68. The SMILES string of the molecule is COC1=C[C@]2(OC(C)=O)[C@@H]3Cc4ccc(OC)c(O)c4[C@]2(CCN3C)CC1O. The van der Waals surface area contributed by atoms with Gasteiger partial charge in [-0.2, -0.15) is 0 Å². The van der Waals surface area contributed by atoms with Crippen molar-refractivity contribution in [3.63, 3.8) is 0 Å². The van der Waals surface area contributed by atoms with E-state index in [0.717, 1.165) is 12.1 Å². The summed E-state index contributed by atoms with van der Waals surface area (Å²) in [7, 11) is 5.03. The van der Waals surface area contributed by atoms with Crippen molar-refractivity contribution in [2.45, 2.75) is 49.3 Å². The first-order valence-corrected chi connectivity index (χ1v) is 9.53. The van der Waals surface area contributed by atoms with Gasteiger partial charge in [-0.3, -0.25) is 9.69 Å². The smallest absolute Gasteiger partial charge is 0.303 e. The number of aromatic hydroxyl groups is 1. The molecule has 1 fully saturated rings. The molecule has 2 bridgehead atoms.